The van der Waals surface area contributed by atoms with Gasteiger partial charge in [0.2, 0.25) is 0 Å². The Morgan fingerprint density at radius 2 is 2.07 bits per heavy atom. The molecule has 0 aromatic heterocycles. The van der Waals surface area contributed by atoms with Crippen molar-refractivity contribution >= 4 is 23.2 Å². The number of halogens is 1. The fourth-order valence-corrected chi connectivity index (χ4v) is 1.28. The Hall–Kier alpha value is -1.42. The lowest BCUT2D eigenvalue weighted by Crippen LogP contribution is -2.21. The van der Waals surface area contributed by atoms with Crippen molar-refractivity contribution < 1.29 is 4.74 Å². The van der Waals surface area contributed by atoms with E-state index in [4.69, 9.17) is 27.8 Å². The van der Waals surface area contributed by atoms with Crippen LogP contribution in [0.25, 0.3) is 0 Å². The highest BCUT2D eigenvalue weighted by Gasteiger charge is 2.04. The summed E-state index contributed by atoms with van der Waals surface area (Å²) in [6.07, 6.45) is 0.0800. The highest BCUT2D eigenvalue weighted by Crippen LogP contribution is 2.29. The maximum atomic E-state index is 5.98. The topological polar surface area (TPSA) is 73.6 Å². The summed E-state index contributed by atoms with van der Waals surface area (Å²) < 4.78 is 5.46. The number of benzene rings is 1. The Bertz CT molecular complexity index is 373. The van der Waals surface area contributed by atoms with Crippen LogP contribution < -0.4 is 16.2 Å². The molecule has 0 fully saturated rings. The highest BCUT2D eigenvalue weighted by molar-refractivity contribution is 6.32. The zero-order valence-corrected chi connectivity index (χ0v) is 9.45. The Balaban J connectivity index is 2.93. The maximum absolute atomic E-state index is 5.98. The molecule has 15 heavy (non-hydrogen) atoms. The number of ether oxygens (including phenoxy) is 1. The zero-order chi connectivity index (χ0) is 11.4. The van der Waals surface area contributed by atoms with Gasteiger partial charge < -0.3 is 16.2 Å². The minimum absolute atomic E-state index is 0.00333. The number of nitrogens with two attached hydrogens (primary N) is 2. The van der Waals surface area contributed by atoms with Crippen molar-refractivity contribution in [1.82, 2.24) is 0 Å². The normalized spacial score (nSPS) is 10.1. The molecule has 0 heterocycles. The van der Waals surface area contributed by atoms with Crippen molar-refractivity contribution in [1.29, 1.82) is 0 Å². The number of hydrogen-bond acceptors (Lipinski definition) is 2. The number of aliphatic imine (C=N–C) groups is 1. The quantitative estimate of drug-likeness (QED) is 0.613. The molecule has 1 aromatic carbocycles. The van der Waals surface area contributed by atoms with Gasteiger partial charge in [-0.05, 0) is 32.0 Å². The van der Waals surface area contributed by atoms with Gasteiger partial charge >= 0.3 is 0 Å². The molecule has 0 aliphatic carbocycles. The van der Waals surface area contributed by atoms with Gasteiger partial charge in [-0.15, -0.1) is 0 Å². The van der Waals surface area contributed by atoms with E-state index >= 15 is 0 Å². The number of rotatable bonds is 3. The summed E-state index contributed by atoms with van der Waals surface area (Å²) in [7, 11) is 0. The molecule has 1 rings (SSSR count). The molecule has 4 N–H and O–H groups in total. The van der Waals surface area contributed by atoms with Crippen molar-refractivity contribution in [2.45, 2.75) is 20.0 Å². The molecule has 0 atom stereocenters. The minimum Gasteiger partial charge on any atom is -0.489 e. The Labute approximate surface area is 93.9 Å². The van der Waals surface area contributed by atoms with Crippen LogP contribution in [0, 0.1) is 0 Å². The summed E-state index contributed by atoms with van der Waals surface area (Å²) in [5.74, 6) is 0.629. The third-order valence-electron chi connectivity index (χ3n) is 1.54. The summed E-state index contributed by atoms with van der Waals surface area (Å²) in [6.45, 7) is 3.86. The summed E-state index contributed by atoms with van der Waals surface area (Å²) >= 11 is 5.98. The summed E-state index contributed by atoms with van der Waals surface area (Å²) in [5, 5.41) is 0.492. The van der Waals surface area contributed by atoms with E-state index in [2.05, 4.69) is 4.99 Å². The van der Waals surface area contributed by atoms with Crippen molar-refractivity contribution in [3.63, 3.8) is 0 Å². The van der Waals surface area contributed by atoms with Gasteiger partial charge in [0.15, 0.2) is 5.96 Å². The second kappa shape index (κ2) is 4.89. The van der Waals surface area contributed by atoms with Gasteiger partial charge in [-0.3, -0.25) is 0 Å². The van der Waals surface area contributed by atoms with Crippen LogP contribution in [0.4, 0.5) is 5.69 Å². The molecule has 1 aromatic rings. The molecule has 0 aliphatic heterocycles. The Kier molecular flexibility index (Phi) is 3.80. The van der Waals surface area contributed by atoms with Gasteiger partial charge in [-0.2, -0.15) is 0 Å². The molecule has 0 spiro atoms. The molecule has 0 unspecified atom stereocenters. The van der Waals surface area contributed by atoms with Crippen LogP contribution in [0.1, 0.15) is 13.8 Å². The first-order valence-electron chi connectivity index (χ1n) is 4.55. The van der Waals surface area contributed by atoms with Crippen LogP contribution in [-0.4, -0.2) is 12.1 Å². The molecule has 0 aliphatic rings. The van der Waals surface area contributed by atoms with Crippen molar-refractivity contribution in [3.8, 4) is 5.75 Å². The third-order valence-corrected chi connectivity index (χ3v) is 1.83. The van der Waals surface area contributed by atoms with E-state index in [1.165, 1.54) is 0 Å². The fraction of sp³-hybridized carbons (Fsp3) is 0.300. The monoisotopic (exact) mass is 227 g/mol. The first-order chi connectivity index (χ1) is 6.99. The minimum atomic E-state index is 0.00333. The van der Waals surface area contributed by atoms with Crippen molar-refractivity contribution in [2.75, 3.05) is 0 Å². The van der Waals surface area contributed by atoms with Crippen LogP contribution in [0.15, 0.2) is 23.2 Å². The molecule has 0 radical (unpaired) electrons. The Morgan fingerprint density at radius 3 is 2.53 bits per heavy atom. The second-order valence-corrected chi connectivity index (χ2v) is 3.73. The number of hydrogen-bond donors (Lipinski definition) is 2. The predicted molar refractivity (Wildman–Crippen MR) is 62.7 cm³/mol. The van der Waals surface area contributed by atoms with Crippen LogP contribution in [0.3, 0.4) is 0 Å². The van der Waals surface area contributed by atoms with E-state index in [0.29, 0.717) is 16.5 Å². The van der Waals surface area contributed by atoms with Crippen molar-refractivity contribution in [3.05, 3.63) is 23.2 Å². The van der Waals surface area contributed by atoms with E-state index in [1.807, 2.05) is 13.8 Å². The van der Waals surface area contributed by atoms with E-state index in [9.17, 15) is 0 Å². The van der Waals surface area contributed by atoms with Crippen LogP contribution in [0.2, 0.25) is 5.02 Å². The van der Waals surface area contributed by atoms with E-state index in [1.54, 1.807) is 18.2 Å². The van der Waals surface area contributed by atoms with Crippen LogP contribution in [-0.2, 0) is 0 Å². The number of nitrogens with zero attached hydrogens (tertiary/aromatic N) is 1. The van der Waals surface area contributed by atoms with Gasteiger partial charge in [0.25, 0.3) is 0 Å². The van der Waals surface area contributed by atoms with Gasteiger partial charge in [-0.25, -0.2) is 4.99 Å². The lowest BCUT2D eigenvalue weighted by Gasteiger charge is -2.11. The average molecular weight is 228 g/mol. The Morgan fingerprint density at radius 1 is 1.40 bits per heavy atom. The molecule has 0 saturated heterocycles. The fourth-order valence-electron chi connectivity index (χ4n) is 1.06. The molecule has 0 amide bonds. The van der Waals surface area contributed by atoms with Crippen LogP contribution >= 0.6 is 11.6 Å². The third kappa shape index (κ3) is 3.67. The van der Waals surface area contributed by atoms with Gasteiger partial charge in [0, 0.05) is 0 Å². The molecule has 0 saturated carbocycles. The van der Waals surface area contributed by atoms with Gasteiger partial charge in [-0.1, -0.05) is 11.6 Å². The lowest BCUT2D eigenvalue weighted by atomic mass is 10.3. The maximum Gasteiger partial charge on any atom is 0.191 e. The highest BCUT2D eigenvalue weighted by atomic mass is 35.5. The smallest absolute Gasteiger partial charge is 0.191 e. The first-order valence-corrected chi connectivity index (χ1v) is 4.92. The molecular formula is C10H14ClN3O. The first kappa shape index (κ1) is 11.7. The summed E-state index contributed by atoms with van der Waals surface area (Å²) in [6, 6.07) is 5.13. The standard InChI is InChI=1S/C10H14ClN3O/c1-6(2)15-9-4-3-7(5-8(9)11)14-10(12)13/h3-6H,1-2H3,(H4,12,13,14). The summed E-state index contributed by atoms with van der Waals surface area (Å²) in [5.41, 5.74) is 11.1. The predicted octanol–water partition coefficient (Wildman–Crippen LogP) is 2.03. The second-order valence-electron chi connectivity index (χ2n) is 3.32. The molecular weight excluding hydrogens is 214 g/mol. The van der Waals surface area contributed by atoms with E-state index in [0.717, 1.165) is 0 Å². The van der Waals surface area contributed by atoms with Gasteiger partial charge in [0.1, 0.15) is 5.75 Å². The lowest BCUT2D eigenvalue weighted by molar-refractivity contribution is 0.242. The molecule has 5 heteroatoms. The summed E-state index contributed by atoms with van der Waals surface area (Å²) in [4.78, 5) is 3.87. The zero-order valence-electron chi connectivity index (χ0n) is 8.70. The van der Waals surface area contributed by atoms with Crippen LogP contribution in [0.5, 0.6) is 5.75 Å². The molecule has 4 nitrogen and oxygen atoms in total. The van der Waals surface area contributed by atoms with Gasteiger partial charge in [0.05, 0.1) is 16.8 Å². The van der Waals surface area contributed by atoms with E-state index < -0.39 is 0 Å². The SMILES string of the molecule is CC(C)Oc1ccc(N=C(N)N)cc1Cl. The van der Waals surface area contributed by atoms with Crippen molar-refractivity contribution in [2.24, 2.45) is 16.5 Å². The molecule has 0 bridgehead atoms. The average Bonchev–Trinajstić information content (AvgIpc) is 2.08. The number of guanidine groups is 1. The molecule has 82 valence electrons. The van der Waals surface area contributed by atoms with E-state index in [-0.39, 0.29) is 12.1 Å². The largest absolute Gasteiger partial charge is 0.489 e.